The van der Waals surface area contributed by atoms with Gasteiger partial charge in [-0.15, -0.1) is 11.3 Å². The molecule has 98 valence electrons. The number of hydrogen-bond donors (Lipinski definition) is 0. The molecule has 6 heteroatoms. The lowest BCUT2D eigenvalue weighted by Gasteiger charge is -2.06. The molecule has 3 aromatic rings. The molecule has 0 spiro atoms. The Hall–Kier alpha value is -1.40. The topological polar surface area (TPSA) is 26.5 Å². The summed E-state index contributed by atoms with van der Waals surface area (Å²) in [7, 11) is 0. The van der Waals surface area contributed by atoms with Crippen LogP contribution in [-0.2, 0) is 11.9 Å². The van der Waals surface area contributed by atoms with Crippen molar-refractivity contribution in [3.05, 3.63) is 53.0 Å². The van der Waals surface area contributed by atoms with Crippen molar-refractivity contribution in [2.45, 2.75) is 11.9 Å². The number of ether oxygens (including phenoxy) is 1. The first-order valence-electron chi connectivity index (χ1n) is 5.64. The maximum absolute atomic E-state index is 13.7. The van der Waals surface area contributed by atoms with Gasteiger partial charge in [0.1, 0.15) is 6.61 Å². The molecule has 0 amide bonds. The molecule has 19 heavy (non-hydrogen) atoms. The number of aromatic nitrogens is 2. The number of thiazole rings is 1. The Morgan fingerprint density at radius 2 is 2.32 bits per heavy atom. The molecule has 2 aromatic heterocycles. The fourth-order valence-corrected chi connectivity index (χ4v) is 2.81. The van der Waals surface area contributed by atoms with Crippen molar-refractivity contribution >= 4 is 32.2 Å². The van der Waals surface area contributed by atoms with E-state index in [-0.39, 0.29) is 18.2 Å². The minimum absolute atomic E-state index is 0.251. The lowest BCUT2D eigenvalue weighted by Crippen LogP contribution is -1.98. The molecule has 0 radical (unpaired) electrons. The lowest BCUT2D eigenvalue weighted by molar-refractivity contribution is 0.286. The van der Waals surface area contributed by atoms with E-state index in [1.807, 2.05) is 28.2 Å². The fraction of sp³-hybridized carbons (Fsp3) is 0.154. The molecule has 0 unspecified atom stereocenters. The fourth-order valence-electron chi connectivity index (χ4n) is 1.74. The van der Waals surface area contributed by atoms with Gasteiger partial charge in [0.2, 0.25) is 0 Å². The highest BCUT2D eigenvalue weighted by molar-refractivity contribution is 9.08. The molecule has 3 rings (SSSR count). The van der Waals surface area contributed by atoms with Crippen LogP contribution < -0.4 is 4.74 Å². The third-order valence-electron chi connectivity index (χ3n) is 2.67. The van der Waals surface area contributed by atoms with E-state index in [1.54, 1.807) is 17.4 Å². The van der Waals surface area contributed by atoms with Crippen LogP contribution in [0.15, 0.2) is 36.0 Å². The smallest absolute Gasteiger partial charge is 0.193 e. The molecule has 0 aliphatic heterocycles. The summed E-state index contributed by atoms with van der Waals surface area (Å²) in [6.45, 7) is 0.263. The quantitative estimate of drug-likeness (QED) is 0.671. The van der Waals surface area contributed by atoms with Crippen molar-refractivity contribution in [3.8, 4) is 5.75 Å². The Balaban J connectivity index is 1.73. The van der Waals surface area contributed by atoms with Crippen LogP contribution in [0, 0.1) is 5.82 Å². The van der Waals surface area contributed by atoms with Gasteiger partial charge in [-0.05, 0) is 17.7 Å². The molecule has 3 nitrogen and oxygen atoms in total. The average Bonchev–Trinajstić information content (AvgIpc) is 2.98. The summed E-state index contributed by atoms with van der Waals surface area (Å²) in [5.74, 6) is -0.0981. The van der Waals surface area contributed by atoms with E-state index in [0.29, 0.717) is 5.33 Å². The van der Waals surface area contributed by atoms with Gasteiger partial charge in [-0.1, -0.05) is 22.0 Å². The van der Waals surface area contributed by atoms with Crippen molar-refractivity contribution < 1.29 is 9.13 Å². The van der Waals surface area contributed by atoms with Crippen molar-refractivity contribution in [2.24, 2.45) is 0 Å². The number of rotatable bonds is 4. The van der Waals surface area contributed by atoms with Crippen LogP contribution in [-0.4, -0.2) is 9.38 Å². The Kier molecular flexibility index (Phi) is 3.52. The largest absolute Gasteiger partial charge is 0.484 e. The van der Waals surface area contributed by atoms with Crippen LogP contribution in [0.3, 0.4) is 0 Å². The van der Waals surface area contributed by atoms with E-state index < -0.39 is 0 Å². The Labute approximate surface area is 121 Å². The van der Waals surface area contributed by atoms with E-state index >= 15 is 0 Å². The Morgan fingerprint density at radius 3 is 3.05 bits per heavy atom. The summed E-state index contributed by atoms with van der Waals surface area (Å²) in [5.41, 5.74) is 1.67. The Morgan fingerprint density at radius 1 is 1.42 bits per heavy atom. The summed E-state index contributed by atoms with van der Waals surface area (Å²) in [4.78, 5) is 5.29. The van der Waals surface area contributed by atoms with Crippen molar-refractivity contribution in [3.63, 3.8) is 0 Å². The van der Waals surface area contributed by atoms with Gasteiger partial charge in [0.05, 0.1) is 5.69 Å². The van der Waals surface area contributed by atoms with Crippen LogP contribution in [0.1, 0.15) is 11.3 Å². The predicted molar refractivity (Wildman–Crippen MR) is 76.4 cm³/mol. The summed E-state index contributed by atoms with van der Waals surface area (Å²) < 4.78 is 21.1. The number of fused-ring (bicyclic) bond motifs is 1. The highest BCUT2D eigenvalue weighted by Crippen LogP contribution is 2.21. The third kappa shape index (κ3) is 2.64. The highest BCUT2D eigenvalue weighted by atomic mass is 79.9. The molecule has 0 N–H and O–H groups in total. The van der Waals surface area contributed by atoms with Crippen molar-refractivity contribution in [1.29, 1.82) is 0 Å². The molecular formula is C13H10BrFN2OS. The minimum Gasteiger partial charge on any atom is -0.484 e. The highest BCUT2D eigenvalue weighted by Gasteiger charge is 2.07. The second-order valence-electron chi connectivity index (χ2n) is 4.01. The molecule has 0 saturated heterocycles. The molecule has 0 saturated carbocycles. The predicted octanol–water partition coefficient (Wildman–Crippen LogP) is 4.01. The van der Waals surface area contributed by atoms with Gasteiger partial charge in [0.25, 0.3) is 0 Å². The lowest BCUT2D eigenvalue weighted by atomic mass is 10.2. The van der Waals surface area contributed by atoms with Crippen molar-refractivity contribution in [1.82, 2.24) is 9.38 Å². The maximum atomic E-state index is 13.7. The van der Waals surface area contributed by atoms with Gasteiger partial charge in [0, 0.05) is 23.1 Å². The zero-order valence-electron chi connectivity index (χ0n) is 9.85. The SMILES string of the molecule is Fc1cc(CBr)ccc1OCc1cn2ccsc2n1. The number of alkyl halides is 1. The van der Waals surface area contributed by atoms with Crippen LogP contribution in [0.25, 0.3) is 4.96 Å². The first-order chi connectivity index (χ1) is 9.26. The first kappa shape index (κ1) is 12.6. The van der Waals surface area contributed by atoms with Gasteiger partial charge in [-0.3, -0.25) is 4.40 Å². The standard InChI is InChI=1S/C13H10BrFN2OS/c14-6-9-1-2-12(11(15)5-9)18-8-10-7-17-3-4-19-13(17)16-10/h1-5,7H,6,8H2. The zero-order chi connectivity index (χ0) is 13.2. The number of imidazole rings is 1. The molecule has 0 atom stereocenters. The van der Waals surface area contributed by atoms with Crippen molar-refractivity contribution in [2.75, 3.05) is 0 Å². The summed E-state index contributed by atoms with van der Waals surface area (Å²) in [6, 6.07) is 4.94. The van der Waals surface area contributed by atoms with Gasteiger partial charge < -0.3 is 4.74 Å². The molecule has 2 heterocycles. The number of nitrogens with zero attached hydrogens (tertiary/aromatic N) is 2. The van der Waals surface area contributed by atoms with Gasteiger partial charge in [-0.2, -0.15) is 0 Å². The Bertz CT molecular complexity index is 681. The van der Waals surface area contributed by atoms with Gasteiger partial charge >= 0.3 is 0 Å². The summed E-state index contributed by atoms with van der Waals surface area (Å²) in [5, 5.41) is 2.59. The molecular weight excluding hydrogens is 331 g/mol. The third-order valence-corrected chi connectivity index (χ3v) is 4.09. The minimum atomic E-state index is -0.349. The van der Waals surface area contributed by atoms with E-state index in [0.717, 1.165) is 16.2 Å². The summed E-state index contributed by atoms with van der Waals surface area (Å²) >= 11 is 4.84. The van der Waals surface area contributed by atoms with E-state index in [9.17, 15) is 4.39 Å². The van der Waals surface area contributed by atoms with Gasteiger partial charge in [0.15, 0.2) is 16.5 Å². The van der Waals surface area contributed by atoms with E-state index in [4.69, 9.17) is 4.74 Å². The molecule has 0 bridgehead atoms. The van der Waals surface area contributed by atoms with Gasteiger partial charge in [-0.25, -0.2) is 9.37 Å². The van der Waals surface area contributed by atoms with Crippen LogP contribution in [0.4, 0.5) is 4.39 Å². The second-order valence-corrected chi connectivity index (χ2v) is 5.45. The maximum Gasteiger partial charge on any atom is 0.193 e. The molecule has 1 aromatic carbocycles. The normalized spacial score (nSPS) is 11.1. The zero-order valence-corrected chi connectivity index (χ0v) is 12.2. The number of halogens is 2. The average molecular weight is 341 g/mol. The van der Waals surface area contributed by atoms with Crippen LogP contribution >= 0.6 is 27.3 Å². The molecule has 0 aliphatic rings. The molecule has 0 fully saturated rings. The van der Waals surface area contributed by atoms with E-state index in [2.05, 4.69) is 20.9 Å². The first-order valence-corrected chi connectivity index (χ1v) is 7.64. The monoisotopic (exact) mass is 340 g/mol. The van der Waals surface area contributed by atoms with E-state index in [1.165, 1.54) is 6.07 Å². The van der Waals surface area contributed by atoms with Crippen LogP contribution in [0.2, 0.25) is 0 Å². The molecule has 0 aliphatic carbocycles. The second kappa shape index (κ2) is 5.30. The number of benzene rings is 1. The number of hydrogen-bond acceptors (Lipinski definition) is 3. The van der Waals surface area contributed by atoms with Crippen LogP contribution in [0.5, 0.6) is 5.75 Å². The summed E-state index contributed by atoms with van der Waals surface area (Å²) in [6.07, 6.45) is 3.82.